The molecule has 1 heterocycles. The van der Waals surface area contributed by atoms with Gasteiger partial charge in [0.2, 0.25) is 0 Å². The van der Waals surface area contributed by atoms with Crippen LogP contribution in [0.1, 0.15) is 34.3 Å². The number of halogens is 2. The first-order valence-electron chi connectivity index (χ1n) is 11.5. The highest BCUT2D eigenvalue weighted by molar-refractivity contribution is 9.10. The molecule has 5 nitrogen and oxygen atoms in total. The second-order valence-corrected chi connectivity index (χ2v) is 10.3. The molecule has 0 spiro atoms. The van der Waals surface area contributed by atoms with Crippen molar-refractivity contribution in [2.45, 2.75) is 12.8 Å². The first-order valence-corrected chi connectivity index (χ1v) is 13.6. The molecule has 0 aliphatic carbocycles. The smallest absolute Gasteiger partial charge is 0.337 e. The highest BCUT2D eigenvalue weighted by Gasteiger charge is 2.38. The van der Waals surface area contributed by atoms with Crippen molar-refractivity contribution in [3.05, 3.63) is 121 Å². The number of hydrogen-bond donors (Lipinski definition) is 1. The highest BCUT2D eigenvalue weighted by atomic mass is 79.9. The standard InChI is InChI=1S/C29H22BrClN2O3S/c1-2-36-29(35)26-25(21-10-6-7-11-23(21)31)22(16-32)28(33-27(26)19-8-4-3-5-9-19)37-17-24(34)18-12-14-20(30)15-13-18/h3-15,25,33H,2,17H2,1H3/t25-/m0/s1. The molecule has 0 bridgehead atoms. The summed E-state index contributed by atoms with van der Waals surface area (Å²) >= 11 is 11.2. The SMILES string of the molecule is CCOC(=O)C1=C(c2ccccc2)NC(SCC(=O)c2ccc(Br)cc2)=C(C#N)[C@@H]1c1ccccc1Cl. The van der Waals surface area contributed by atoms with Gasteiger partial charge in [0.25, 0.3) is 0 Å². The van der Waals surface area contributed by atoms with E-state index in [0.717, 1.165) is 10.0 Å². The van der Waals surface area contributed by atoms with Gasteiger partial charge in [0.15, 0.2) is 5.78 Å². The number of hydrogen-bond acceptors (Lipinski definition) is 6. The average molecular weight is 594 g/mol. The number of esters is 1. The van der Waals surface area contributed by atoms with Crippen LogP contribution in [0.25, 0.3) is 5.70 Å². The second-order valence-electron chi connectivity index (χ2n) is 8.03. The summed E-state index contributed by atoms with van der Waals surface area (Å²) in [6.45, 7) is 1.91. The third kappa shape index (κ3) is 5.99. The number of allylic oxidation sites excluding steroid dienone is 1. The maximum absolute atomic E-state index is 13.4. The predicted octanol–water partition coefficient (Wildman–Crippen LogP) is 7.11. The number of thioether (sulfide) groups is 1. The van der Waals surface area contributed by atoms with Gasteiger partial charge in [-0.15, -0.1) is 0 Å². The molecular weight excluding hydrogens is 572 g/mol. The van der Waals surface area contributed by atoms with Gasteiger partial charge < -0.3 is 10.1 Å². The summed E-state index contributed by atoms with van der Waals surface area (Å²) in [5, 5.41) is 14.5. The van der Waals surface area contributed by atoms with Crippen molar-refractivity contribution < 1.29 is 14.3 Å². The molecule has 1 aliphatic rings. The van der Waals surface area contributed by atoms with Crippen LogP contribution in [-0.2, 0) is 9.53 Å². The Morgan fingerprint density at radius 2 is 1.73 bits per heavy atom. The topological polar surface area (TPSA) is 79.2 Å². The van der Waals surface area contributed by atoms with E-state index >= 15 is 0 Å². The molecule has 0 aromatic heterocycles. The number of ketones is 1. The molecule has 37 heavy (non-hydrogen) atoms. The zero-order valence-corrected chi connectivity index (χ0v) is 23.0. The van der Waals surface area contributed by atoms with Crippen molar-refractivity contribution in [2.75, 3.05) is 12.4 Å². The van der Waals surface area contributed by atoms with Crippen LogP contribution < -0.4 is 5.32 Å². The van der Waals surface area contributed by atoms with E-state index in [9.17, 15) is 14.9 Å². The number of nitriles is 1. The maximum atomic E-state index is 13.4. The molecule has 0 unspecified atom stereocenters. The lowest BCUT2D eigenvalue weighted by atomic mass is 9.81. The van der Waals surface area contributed by atoms with Gasteiger partial charge in [0, 0.05) is 15.1 Å². The van der Waals surface area contributed by atoms with Crippen molar-refractivity contribution >= 4 is 56.7 Å². The fourth-order valence-electron chi connectivity index (χ4n) is 4.04. The van der Waals surface area contributed by atoms with E-state index in [4.69, 9.17) is 16.3 Å². The van der Waals surface area contributed by atoms with Gasteiger partial charge in [0.1, 0.15) is 0 Å². The number of ether oxygens (including phenoxy) is 1. The number of dihydropyridines is 1. The summed E-state index contributed by atoms with van der Waals surface area (Å²) in [4.78, 5) is 26.3. The summed E-state index contributed by atoms with van der Waals surface area (Å²) < 4.78 is 6.32. The lowest BCUT2D eigenvalue weighted by Crippen LogP contribution is -2.29. The molecule has 3 aromatic rings. The number of nitrogens with one attached hydrogen (secondary N) is 1. The Balaban J connectivity index is 1.83. The van der Waals surface area contributed by atoms with E-state index in [2.05, 4.69) is 27.3 Å². The number of benzene rings is 3. The third-order valence-corrected chi connectivity index (χ3v) is 7.63. The lowest BCUT2D eigenvalue weighted by Gasteiger charge is -2.31. The monoisotopic (exact) mass is 592 g/mol. The summed E-state index contributed by atoms with van der Waals surface area (Å²) in [5.41, 5.74) is 3.03. The van der Waals surface area contributed by atoms with Gasteiger partial charge in [-0.25, -0.2) is 4.79 Å². The molecule has 1 N–H and O–H groups in total. The molecule has 3 aromatic carbocycles. The van der Waals surface area contributed by atoms with Crippen molar-refractivity contribution in [1.29, 1.82) is 5.26 Å². The Morgan fingerprint density at radius 1 is 1.05 bits per heavy atom. The zero-order chi connectivity index (χ0) is 26.4. The van der Waals surface area contributed by atoms with Crippen molar-refractivity contribution in [3.8, 4) is 6.07 Å². The number of rotatable bonds is 8. The minimum absolute atomic E-state index is 0.0835. The van der Waals surface area contributed by atoms with E-state index in [1.165, 1.54) is 11.8 Å². The van der Waals surface area contributed by atoms with Crippen LogP contribution in [0, 0.1) is 11.3 Å². The first-order chi connectivity index (χ1) is 17.9. The molecule has 0 saturated carbocycles. The van der Waals surface area contributed by atoms with Crippen molar-refractivity contribution in [2.24, 2.45) is 0 Å². The number of carbonyl (C=O) groups excluding carboxylic acids is 2. The Kier molecular flexibility index (Phi) is 8.88. The molecule has 8 heteroatoms. The van der Waals surface area contributed by atoms with Gasteiger partial charge in [-0.2, -0.15) is 5.26 Å². The van der Waals surface area contributed by atoms with Crippen LogP contribution in [0.15, 0.2) is 99.5 Å². The molecule has 1 atom stereocenters. The fourth-order valence-corrected chi connectivity index (χ4v) is 5.48. The van der Waals surface area contributed by atoms with Gasteiger partial charge in [-0.05, 0) is 36.2 Å². The molecule has 4 rings (SSSR count). The predicted molar refractivity (Wildman–Crippen MR) is 151 cm³/mol. The van der Waals surface area contributed by atoms with Crippen molar-refractivity contribution in [1.82, 2.24) is 5.32 Å². The second kappa shape index (κ2) is 12.3. The highest BCUT2D eigenvalue weighted by Crippen LogP contribution is 2.45. The largest absolute Gasteiger partial charge is 0.463 e. The molecule has 0 fully saturated rings. The first kappa shape index (κ1) is 26.7. The summed E-state index contributed by atoms with van der Waals surface area (Å²) in [6.07, 6.45) is 0. The van der Waals surface area contributed by atoms with E-state index in [0.29, 0.717) is 38.0 Å². The van der Waals surface area contributed by atoms with Crippen LogP contribution in [0.4, 0.5) is 0 Å². The third-order valence-electron chi connectivity index (χ3n) is 5.74. The van der Waals surface area contributed by atoms with Crippen LogP contribution >= 0.6 is 39.3 Å². The lowest BCUT2D eigenvalue weighted by molar-refractivity contribution is -0.138. The molecule has 1 aliphatic heterocycles. The van der Waals surface area contributed by atoms with Gasteiger partial charge in [-0.1, -0.05) is 100.0 Å². The van der Waals surface area contributed by atoms with Gasteiger partial charge in [-0.3, -0.25) is 4.79 Å². The van der Waals surface area contributed by atoms with E-state index in [1.807, 2.05) is 48.5 Å². The normalized spacial score (nSPS) is 15.1. The van der Waals surface area contributed by atoms with Gasteiger partial charge in [0.05, 0.1) is 46.2 Å². The average Bonchev–Trinajstić information content (AvgIpc) is 2.92. The maximum Gasteiger partial charge on any atom is 0.337 e. The fraction of sp³-hybridized carbons (Fsp3) is 0.138. The van der Waals surface area contributed by atoms with Crippen LogP contribution in [0.3, 0.4) is 0 Å². The number of Topliss-reactive ketones (excluding diaryl/α,β-unsaturated/α-hetero) is 1. The summed E-state index contributed by atoms with van der Waals surface area (Å²) in [5.74, 6) is -1.30. The Morgan fingerprint density at radius 3 is 2.38 bits per heavy atom. The summed E-state index contributed by atoms with van der Waals surface area (Å²) in [6, 6.07) is 25.9. The molecular formula is C29H22BrClN2O3S. The van der Waals surface area contributed by atoms with E-state index in [1.54, 1.807) is 37.3 Å². The number of nitrogens with zero attached hydrogens (tertiary/aromatic N) is 1. The van der Waals surface area contributed by atoms with E-state index in [-0.39, 0.29) is 18.1 Å². The molecule has 0 saturated heterocycles. The van der Waals surface area contributed by atoms with Crippen LogP contribution in [-0.4, -0.2) is 24.1 Å². The minimum Gasteiger partial charge on any atom is -0.463 e. The van der Waals surface area contributed by atoms with Crippen molar-refractivity contribution in [3.63, 3.8) is 0 Å². The van der Waals surface area contributed by atoms with Crippen LogP contribution in [0.2, 0.25) is 5.02 Å². The quantitative estimate of drug-likeness (QED) is 0.221. The molecule has 0 radical (unpaired) electrons. The Labute approximate surface area is 233 Å². The summed E-state index contributed by atoms with van der Waals surface area (Å²) in [7, 11) is 0. The Hall–Kier alpha value is -3.31. The molecule has 0 amide bonds. The molecule has 186 valence electrons. The van der Waals surface area contributed by atoms with Crippen LogP contribution in [0.5, 0.6) is 0 Å². The number of carbonyl (C=O) groups is 2. The van der Waals surface area contributed by atoms with Gasteiger partial charge >= 0.3 is 5.97 Å². The van der Waals surface area contributed by atoms with E-state index < -0.39 is 11.9 Å². The zero-order valence-electron chi connectivity index (χ0n) is 19.8. The minimum atomic E-state index is -0.778. The Bertz CT molecular complexity index is 1430.